The van der Waals surface area contributed by atoms with Gasteiger partial charge in [-0.15, -0.1) is 11.3 Å². The molecule has 0 aliphatic carbocycles. The fourth-order valence-electron chi connectivity index (χ4n) is 2.15. The van der Waals surface area contributed by atoms with Crippen LogP contribution >= 0.6 is 27.3 Å². The zero-order chi connectivity index (χ0) is 11.5. The van der Waals surface area contributed by atoms with Crippen LogP contribution in [-0.2, 0) is 6.42 Å². The molecular formula is C12H19BrN2S. The molecule has 1 aromatic heterocycles. The van der Waals surface area contributed by atoms with Crippen LogP contribution in [0, 0.1) is 0 Å². The van der Waals surface area contributed by atoms with Crippen LogP contribution < -0.4 is 5.32 Å². The molecule has 1 N–H and O–H groups in total. The molecule has 0 radical (unpaired) electrons. The van der Waals surface area contributed by atoms with Crippen LogP contribution in [0.4, 0.5) is 0 Å². The summed E-state index contributed by atoms with van der Waals surface area (Å²) >= 11 is 5.37. The summed E-state index contributed by atoms with van der Waals surface area (Å²) < 4.78 is 1.24. The highest BCUT2D eigenvalue weighted by atomic mass is 79.9. The fourth-order valence-corrected chi connectivity index (χ4v) is 3.62. The molecule has 4 heteroatoms. The zero-order valence-corrected chi connectivity index (χ0v) is 12.3. The lowest BCUT2D eigenvalue weighted by molar-refractivity contribution is 0.148. The molecular weight excluding hydrogens is 284 g/mol. The second-order valence-corrected chi connectivity index (χ2v) is 7.16. The standard InChI is InChI=1S/C12H19BrN2S/c1-9-8-15(10(2)7-14-9)6-5-11-3-4-12(13)16-11/h3-4,9-10,14H,5-8H2,1-2H3. The van der Waals surface area contributed by atoms with E-state index in [1.54, 1.807) is 0 Å². The van der Waals surface area contributed by atoms with Crippen molar-refractivity contribution in [2.24, 2.45) is 0 Å². The van der Waals surface area contributed by atoms with Crippen LogP contribution in [0.3, 0.4) is 0 Å². The van der Waals surface area contributed by atoms with Crippen molar-refractivity contribution in [1.82, 2.24) is 10.2 Å². The molecule has 2 unspecified atom stereocenters. The van der Waals surface area contributed by atoms with Crippen molar-refractivity contribution < 1.29 is 0 Å². The Hall–Kier alpha value is 0.1000. The molecule has 0 bridgehead atoms. The average molecular weight is 303 g/mol. The number of nitrogens with zero attached hydrogens (tertiary/aromatic N) is 1. The lowest BCUT2D eigenvalue weighted by Crippen LogP contribution is -2.54. The number of thiophene rings is 1. The van der Waals surface area contributed by atoms with Crippen LogP contribution in [0.25, 0.3) is 0 Å². The number of hydrogen-bond donors (Lipinski definition) is 1. The normalized spacial score (nSPS) is 27.2. The molecule has 0 aromatic carbocycles. The maximum atomic E-state index is 3.52. The van der Waals surface area contributed by atoms with E-state index in [4.69, 9.17) is 0 Å². The Morgan fingerprint density at radius 3 is 3.00 bits per heavy atom. The van der Waals surface area contributed by atoms with Gasteiger partial charge in [-0.2, -0.15) is 0 Å². The van der Waals surface area contributed by atoms with Gasteiger partial charge in [0.05, 0.1) is 3.79 Å². The van der Waals surface area contributed by atoms with Crippen molar-refractivity contribution >= 4 is 27.3 Å². The Morgan fingerprint density at radius 2 is 2.31 bits per heavy atom. The molecule has 16 heavy (non-hydrogen) atoms. The lowest BCUT2D eigenvalue weighted by atomic mass is 10.1. The number of hydrogen-bond acceptors (Lipinski definition) is 3. The summed E-state index contributed by atoms with van der Waals surface area (Å²) in [4.78, 5) is 4.07. The fraction of sp³-hybridized carbons (Fsp3) is 0.667. The van der Waals surface area contributed by atoms with E-state index in [0.717, 1.165) is 6.54 Å². The van der Waals surface area contributed by atoms with Crippen LogP contribution in [0.2, 0.25) is 0 Å². The summed E-state index contributed by atoms with van der Waals surface area (Å²) in [6, 6.07) is 5.67. The molecule has 2 rings (SSSR count). The van der Waals surface area contributed by atoms with Gasteiger partial charge in [0.2, 0.25) is 0 Å². The largest absolute Gasteiger partial charge is 0.311 e. The first-order valence-electron chi connectivity index (χ1n) is 5.87. The Bertz CT molecular complexity index is 340. The number of halogens is 1. The van der Waals surface area contributed by atoms with Gasteiger partial charge in [0.1, 0.15) is 0 Å². The molecule has 2 atom stereocenters. The number of nitrogens with one attached hydrogen (secondary N) is 1. The highest BCUT2D eigenvalue weighted by molar-refractivity contribution is 9.11. The van der Waals surface area contributed by atoms with Crippen LogP contribution in [-0.4, -0.2) is 36.6 Å². The average Bonchev–Trinajstić information content (AvgIpc) is 2.66. The first-order valence-corrected chi connectivity index (χ1v) is 7.48. The van der Waals surface area contributed by atoms with E-state index in [1.807, 2.05) is 11.3 Å². The Kier molecular flexibility index (Phi) is 4.41. The highest BCUT2D eigenvalue weighted by Gasteiger charge is 2.21. The summed E-state index contributed by atoms with van der Waals surface area (Å²) in [5.74, 6) is 0. The maximum Gasteiger partial charge on any atom is 0.0701 e. The Morgan fingerprint density at radius 1 is 1.50 bits per heavy atom. The van der Waals surface area contributed by atoms with Crippen molar-refractivity contribution in [3.8, 4) is 0 Å². The highest BCUT2D eigenvalue weighted by Crippen LogP contribution is 2.22. The van der Waals surface area contributed by atoms with E-state index in [-0.39, 0.29) is 0 Å². The van der Waals surface area contributed by atoms with E-state index in [9.17, 15) is 0 Å². The molecule has 1 fully saturated rings. The summed E-state index contributed by atoms with van der Waals surface area (Å²) in [5.41, 5.74) is 0. The molecule has 1 saturated heterocycles. The minimum absolute atomic E-state index is 0.631. The van der Waals surface area contributed by atoms with Gasteiger partial charge in [0, 0.05) is 36.6 Å². The predicted octanol–water partition coefficient (Wildman–Crippen LogP) is 2.74. The molecule has 0 spiro atoms. The van der Waals surface area contributed by atoms with Gasteiger partial charge < -0.3 is 5.32 Å². The molecule has 2 nitrogen and oxygen atoms in total. The summed E-state index contributed by atoms with van der Waals surface area (Å²) in [6.45, 7) is 8.05. The maximum absolute atomic E-state index is 3.52. The lowest BCUT2D eigenvalue weighted by Gasteiger charge is -2.37. The molecule has 0 saturated carbocycles. The quantitative estimate of drug-likeness (QED) is 0.923. The predicted molar refractivity (Wildman–Crippen MR) is 74.2 cm³/mol. The van der Waals surface area contributed by atoms with Crippen molar-refractivity contribution in [1.29, 1.82) is 0 Å². The summed E-state index contributed by atoms with van der Waals surface area (Å²) in [6.07, 6.45) is 1.17. The molecule has 0 amide bonds. The molecule has 2 heterocycles. The van der Waals surface area contributed by atoms with Gasteiger partial charge in [-0.1, -0.05) is 0 Å². The van der Waals surface area contributed by atoms with Gasteiger partial charge in [-0.3, -0.25) is 4.90 Å². The van der Waals surface area contributed by atoms with Crippen molar-refractivity contribution in [3.05, 3.63) is 20.8 Å². The van der Waals surface area contributed by atoms with Gasteiger partial charge in [0.25, 0.3) is 0 Å². The topological polar surface area (TPSA) is 15.3 Å². The Labute approximate surface area is 110 Å². The Balaban J connectivity index is 1.84. The zero-order valence-electron chi connectivity index (χ0n) is 9.87. The third-order valence-corrected chi connectivity index (χ3v) is 4.85. The van der Waals surface area contributed by atoms with Crippen molar-refractivity contribution in [2.45, 2.75) is 32.4 Å². The van der Waals surface area contributed by atoms with Crippen LogP contribution in [0.5, 0.6) is 0 Å². The second-order valence-electron chi connectivity index (χ2n) is 4.61. The smallest absolute Gasteiger partial charge is 0.0701 e. The number of piperazine rings is 1. The number of rotatable bonds is 3. The first-order chi connectivity index (χ1) is 7.65. The molecule has 1 aliphatic rings. The monoisotopic (exact) mass is 302 g/mol. The van der Waals surface area contributed by atoms with Crippen molar-refractivity contribution in [3.63, 3.8) is 0 Å². The molecule has 1 aliphatic heterocycles. The third-order valence-electron chi connectivity index (χ3n) is 3.17. The van der Waals surface area contributed by atoms with Crippen molar-refractivity contribution in [2.75, 3.05) is 19.6 Å². The minimum Gasteiger partial charge on any atom is -0.311 e. The van der Waals surface area contributed by atoms with Crippen LogP contribution in [0.15, 0.2) is 15.9 Å². The third kappa shape index (κ3) is 3.29. The summed E-state index contributed by atoms with van der Waals surface area (Å²) in [5, 5.41) is 3.52. The van der Waals surface area contributed by atoms with E-state index >= 15 is 0 Å². The van der Waals surface area contributed by atoms with E-state index < -0.39 is 0 Å². The van der Waals surface area contributed by atoms with E-state index in [2.05, 4.69) is 52.1 Å². The van der Waals surface area contributed by atoms with Gasteiger partial charge in [0.15, 0.2) is 0 Å². The minimum atomic E-state index is 0.631. The first kappa shape index (κ1) is 12.6. The van der Waals surface area contributed by atoms with Crippen LogP contribution in [0.1, 0.15) is 18.7 Å². The van der Waals surface area contributed by atoms with E-state index in [0.29, 0.717) is 12.1 Å². The molecule has 1 aromatic rings. The van der Waals surface area contributed by atoms with E-state index in [1.165, 1.54) is 28.2 Å². The SMILES string of the molecule is CC1CN(CCc2ccc(Br)s2)C(C)CN1. The van der Waals surface area contributed by atoms with Gasteiger partial charge >= 0.3 is 0 Å². The molecule has 90 valence electrons. The summed E-state index contributed by atoms with van der Waals surface area (Å²) in [7, 11) is 0. The van der Waals surface area contributed by atoms with Gasteiger partial charge in [-0.25, -0.2) is 0 Å². The second kappa shape index (κ2) is 5.63. The van der Waals surface area contributed by atoms with Gasteiger partial charge in [-0.05, 0) is 48.3 Å².